The number of hydrogen-bond donors (Lipinski definition) is 2. The second kappa shape index (κ2) is 6.79. The minimum Gasteiger partial charge on any atom is -0.481 e. The monoisotopic (exact) mass is 337 g/mol. The third kappa shape index (κ3) is 4.04. The summed E-state index contributed by atoms with van der Waals surface area (Å²) >= 11 is 0. The van der Waals surface area contributed by atoms with Crippen molar-refractivity contribution in [3.63, 3.8) is 0 Å². The Bertz CT molecular complexity index is 630. The summed E-state index contributed by atoms with van der Waals surface area (Å²) in [6.45, 7) is 5.13. The van der Waals surface area contributed by atoms with E-state index in [0.29, 0.717) is 18.4 Å². The number of anilines is 1. The molecular formula is C18H24FNO4. The predicted molar refractivity (Wildman–Crippen MR) is 88.7 cm³/mol. The maximum atomic E-state index is 14.0. The van der Waals surface area contributed by atoms with Gasteiger partial charge >= 0.3 is 12.1 Å². The lowest BCUT2D eigenvalue weighted by Gasteiger charge is -2.34. The van der Waals surface area contributed by atoms with Crippen molar-refractivity contribution in [3.8, 4) is 0 Å². The van der Waals surface area contributed by atoms with E-state index in [9.17, 15) is 19.1 Å². The van der Waals surface area contributed by atoms with Gasteiger partial charge in [0.1, 0.15) is 11.4 Å². The van der Waals surface area contributed by atoms with Gasteiger partial charge in [-0.05, 0) is 51.3 Å². The van der Waals surface area contributed by atoms with Crippen LogP contribution in [0.25, 0.3) is 0 Å². The smallest absolute Gasteiger partial charge is 0.412 e. The summed E-state index contributed by atoms with van der Waals surface area (Å²) in [7, 11) is 0. The molecule has 1 aromatic carbocycles. The fourth-order valence-electron chi connectivity index (χ4n) is 3.11. The number of aliphatic carboxylic acids is 1. The largest absolute Gasteiger partial charge is 0.481 e. The highest BCUT2D eigenvalue weighted by Crippen LogP contribution is 2.40. The number of hydrogen-bond acceptors (Lipinski definition) is 3. The van der Waals surface area contributed by atoms with Crippen LogP contribution < -0.4 is 5.32 Å². The summed E-state index contributed by atoms with van der Waals surface area (Å²) in [5, 5.41) is 12.1. The number of rotatable bonds is 3. The molecular weight excluding hydrogens is 313 g/mol. The molecule has 2 rings (SSSR count). The van der Waals surface area contributed by atoms with Gasteiger partial charge in [-0.25, -0.2) is 9.18 Å². The van der Waals surface area contributed by atoms with Crippen LogP contribution >= 0.6 is 0 Å². The fourth-order valence-corrected chi connectivity index (χ4v) is 3.11. The Hall–Kier alpha value is -2.11. The number of carbonyl (C=O) groups excluding carboxylic acids is 1. The molecule has 0 radical (unpaired) electrons. The summed E-state index contributed by atoms with van der Waals surface area (Å²) in [6.07, 6.45) is 2.89. The Balaban J connectivity index is 2.30. The van der Waals surface area contributed by atoms with Gasteiger partial charge in [0.2, 0.25) is 0 Å². The van der Waals surface area contributed by atoms with Crippen molar-refractivity contribution in [2.45, 2.75) is 63.9 Å². The first-order valence-electron chi connectivity index (χ1n) is 8.17. The van der Waals surface area contributed by atoms with Crippen LogP contribution in [0.3, 0.4) is 0 Å². The number of amides is 1. The number of halogens is 1. The summed E-state index contributed by atoms with van der Waals surface area (Å²) in [6, 6.07) is 4.11. The second-order valence-corrected chi connectivity index (χ2v) is 7.27. The molecule has 0 heterocycles. The molecule has 5 nitrogen and oxygen atoms in total. The fraction of sp³-hybridized carbons (Fsp3) is 0.556. The quantitative estimate of drug-likeness (QED) is 0.854. The molecule has 0 unspecified atom stereocenters. The van der Waals surface area contributed by atoms with Crippen LogP contribution in [0, 0.1) is 5.82 Å². The SMILES string of the molecule is CC(C)(C)OC(=O)Nc1cc(C2(C(=O)O)CCCCC2)ccc1F. The van der Waals surface area contributed by atoms with Crippen molar-refractivity contribution < 1.29 is 23.8 Å². The zero-order valence-corrected chi connectivity index (χ0v) is 14.3. The standard InChI is InChI=1S/C18H24FNO4/c1-17(2,3)24-16(23)20-14-11-12(7-8-13(14)19)18(15(21)22)9-5-4-6-10-18/h7-8,11H,4-6,9-10H2,1-3H3,(H,20,23)(H,21,22). The maximum absolute atomic E-state index is 14.0. The van der Waals surface area contributed by atoms with Crippen molar-refractivity contribution in [1.82, 2.24) is 0 Å². The van der Waals surface area contributed by atoms with Gasteiger partial charge in [0, 0.05) is 0 Å². The van der Waals surface area contributed by atoms with Crippen molar-refractivity contribution >= 4 is 17.7 Å². The first kappa shape index (κ1) is 18.2. The summed E-state index contributed by atoms with van der Waals surface area (Å²) in [5.41, 5.74) is -1.27. The highest BCUT2D eigenvalue weighted by molar-refractivity contribution is 5.86. The molecule has 0 spiro atoms. The van der Waals surface area contributed by atoms with Crippen molar-refractivity contribution in [2.24, 2.45) is 0 Å². The number of carboxylic acids is 1. The van der Waals surface area contributed by atoms with Gasteiger partial charge in [0.15, 0.2) is 0 Å². The van der Waals surface area contributed by atoms with Crippen molar-refractivity contribution in [3.05, 3.63) is 29.6 Å². The number of benzene rings is 1. The lowest BCUT2D eigenvalue weighted by atomic mass is 9.69. The number of nitrogens with one attached hydrogen (secondary N) is 1. The van der Waals surface area contributed by atoms with E-state index < -0.39 is 28.9 Å². The van der Waals surface area contributed by atoms with E-state index in [1.54, 1.807) is 20.8 Å². The molecule has 1 amide bonds. The summed E-state index contributed by atoms with van der Waals surface area (Å²) in [5.74, 6) is -1.53. The molecule has 0 bridgehead atoms. The van der Waals surface area contributed by atoms with Gasteiger partial charge in [0.25, 0.3) is 0 Å². The number of carbonyl (C=O) groups is 2. The normalized spacial score (nSPS) is 17.2. The van der Waals surface area contributed by atoms with Crippen LogP contribution in [-0.2, 0) is 14.9 Å². The maximum Gasteiger partial charge on any atom is 0.412 e. The first-order chi connectivity index (χ1) is 11.1. The Morgan fingerprint density at radius 3 is 2.38 bits per heavy atom. The minimum atomic E-state index is -1.02. The average molecular weight is 337 g/mol. The van der Waals surface area contributed by atoms with E-state index in [0.717, 1.165) is 19.3 Å². The van der Waals surface area contributed by atoms with Gasteiger partial charge < -0.3 is 9.84 Å². The van der Waals surface area contributed by atoms with Gasteiger partial charge in [-0.2, -0.15) is 0 Å². The van der Waals surface area contributed by atoms with E-state index in [2.05, 4.69) is 5.32 Å². The Morgan fingerprint density at radius 2 is 1.83 bits per heavy atom. The molecule has 0 atom stereocenters. The van der Waals surface area contributed by atoms with Crippen LogP contribution in [0.15, 0.2) is 18.2 Å². The van der Waals surface area contributed by atoms with Crippen LogP contribution in [-0.4, -0.2) is 22.8 Å². The molecule has 0 aliphatic heterocycles. The molecule has 2 N–H and O–H groups in total. The highest BCUT2D eigenvalue weighted by atomic mass is 19.1. The second-order valence-electron chi connectivity index (χ2n) is 7.27. The first-order valence-corrected chi connectivity index (χ1v) is 8.17. The van der Waals surface area contributed by atoms with Crippen molar-refractivity contribution in [1.29, 1.82) is 0 Å². The molecule has 1 aliphatic carbocycles. The van der Waals surface area contributed by atoms with Gasteiger partial charge in [0.05, 0.1) is 11.1 Å². The zero-order valence-electron chi connectivity index (χ0n) is 14.3. The Labute approximate surface area is 141 Å². The molecule has 132 valence electrons. The molecule has 1 aliphatic rings. The van der Waals surface area contributed by atoms with Gasteiger partial charge in [-0.3, -0.25) is 10.1 Å². The van der Waals surface area contributed by atoms with E-state index in [1.165, 1.54) is 18.2 Å². The summed E-state index contributed by atoms with van der Waals surface area (Å²) in [4.78, 5) is 23.7. The average Bonchev–Trinajstić information content (AvgIpc) is 2.48. The lowest BCUT2D eigenvalue weighted by Crippen LogP contribution is -2.38. The van der Waals surface area contributed by atoms with E-state index in [4.69, 9.17) is 4.74 Å². The molecule has 1 aromatic rings. The highest BCUT2D eigenvalue weighted by Gasteiger charge is 2.41. The van der Waals surface area contributed by atoms with Crippen LogP contribution in [0.5, 0.6) is 0 Å². The molecule has 0 aromatic heterocycles. The third-order valence-electron chi connectivity index (χ3n) is 4.27. The van der Waals surface area contributed by atoms with Gasteiger partial charge in [-0.1, -0.05) is 25.3 Å². The summed E-state index contributed by atoms with van der Waals surface area (Å²) < 4.78 is 19.2. The molecule has 0 saturated heterocycles. The number of ether oxygens (including phenoxy) is 1. The van der Waals surface area contributed by atoms with Crippen LogP contribution in [0.1, 0.15) is 58.4 Å². The van der Waals surface area contributed by atoms with Crippen LogP contribution in [0.2, 0.25) is 0 Å². The van der Waals surface area contributed by atoms with E-state index in [1.807, 2.05) is 0 Å². The minimum absolute atomic E-state index is 0.0621. The van der Waals surface area contributed by atoms with Gasteiger partial charge in [-0.15, -0.1) is 0 Å². The molecule has 6 heteroatoms. The predicted octanol–water partition coefficient (Wildman–Crippen LogP) is 4.46. The molecule has 24 heavy (non-hydrogen) atoms. The lowest BCUT2D eigenvalue weighted by molar-refractivity contribution is -0.145. The zero-order chi connectivity index (χ0) is 18.0. The van der Waals surface area contributed by atoms with Crippen molar-refractivity contribution in [2.75, 3.05) is 5.32 Å². The van der Waals surface area contributed by atoms with Crippen LogP contribution in [0.4, 0.5) is 14.9 Å². The molecule has 1 saturated carbocycles. The molecule has 1 fully saturated rings. The topological polar surface area (TPSA) is 75.6 Å². The van der Waals surface area contributed by atoms with E-state index in [-0.39, 0.29) is 5.69 Å². The third-order valence-corrected chi connectivity index (χ3v) is 4.27. The number of carboxylic acid groups (broad SMARTS) is 1. The Kier molecular flexibility index (Phi) is 5.16. The Morgan fingerprint density at radius 1 is 1.21 bits per heavy atom. The van der Waals surface area contributed by atoms with E-state index >= 15 is 0 Å².